The summed E-state index contributed by atoms with van der Waals surface area (Å²) in [5, 5.41) is 10.1. The molecule has 104 valence electrons. The number of hydrogen-bond donors (Lipinski definition) is 1. The Morgan fingerprint density at radius 2 is 1.85 bits per heavy atom. The molecule has 1 heterocycles. The quantitative estimate of drug-likeness (QED) is 0.848. The number of ether oxygens (including phenoxy) is 2. The van der Waals surface area contributed by atoms with E-state index in [2.05, 4.69) is 20.1 Å². The highest BCUT2D eigenvalue weighted by molar-refractivity contribution is 5.94. The Hall–Kier alpha value is -2.70. The number of nitrogens with one attached hydrogen (secondary N) is 1. The highest BCUT2D eigenvalue weighted by atomic mass is 16.5. The number of H-pyrrole nitrogens is 1. The van der Waals surface area contributed by atoms with Gasteiger partial charge in [-0.3, -0.25) is 0 Å². The smallest absolute Gasteiger partial charge is 0.361 e. The second kappa shape index (κ2) is 5.96. The van der Waals surface area contributed by atoms with Gasteiger partial charge in [0.2, 0.25) is 0 Å². The number of aromatic nitrogens is 3. The lowest BCUT2D eigenvalue weighted by atomic mass is 10.1. The molecule has 0 saturated carbocycles. The second-order valence-corrected chi connectivity index (χ2v) is 3.81. The van der Waals surface area contributed by atoms with Crippen molar-refractivity contribution in [3.8, 4) is 11.3 Å². The fraction of sp³-hybridized carbons (Fsp3) is 0.231. The molecule has 1 aromatic heterocycles. The van der Waals surface area contributed by atoms with Crippen molar-refractivity contribution in [3.05, 3.63) is 35.5 Å². The Labute approximate surface area is 114 Å². The highest BCUT2D eigenvalue weighted by Gasteiger charge is 2.19. The van der Waals surface area contributed by atoms with Crippen LogP contribution in [0.15, 0.2) is 24.3 Å². The van der Waals surface area contributed by atoms with E-state index in [0.29, 0.717) is 16.8 Å². The maximum atomic E-state index is 11.7. The number of carbonyl (C=O) groups excluding carboxylic acids is 2. The van der Waals surface area contributed by atoms with Gasteiger partial charge < -0.3 is 9.47 Å². The average Bonchev–Trinajstić information content (AvgIpc) is 2.96. The van der Waals surface area contributed by atoms with Crippen molar-refractivity contribution in [2.75, 3.05) is 13.7 Å². The third-order valence-corrected chi connectivity index (χ3v) is 2.60. The van der Waals surface area contributed by atoms with E-state index in [1.165, 1.54) is 7.11 Å². The Morgan fingerprint density at radius 3 is 2.45 bits per heavy atom. The van der Waals surface area contributed by atoms with Crippen molar-refractivity contribution in [2.45, 2.75) is 6.92 Å². The van der Waals surface area contributed by atoms with E-state index < -0.39 is 11.9 Å². The van der Waals surface area contributed by atoms with Crippen LogP contribution >= 0.6 is 0 Å². The molecular weight excluding hydrogens is 262 g/mol. The minimum Gasteiger partial charge on any atom is -0.465 e. The van der Waals surface area contributed by atoms with Crippen molar-refractivity contribution in [2.24, 2.45) is 0 Å². The van der Waals surface area contributed by atoms with E-state index in [-0.39, 0.29) is 12.3 Å². The van der Waals surface area contributed by atoms with Crippen LogP contribution in [-0.4, -0.2) is 41.1 Å². The Morgan fingerprint density at radius 1 is 1.15 bits per heavy atom. The van der Waals surface area contributed by atoms with Crippen LogP contribution in [0.2, 0.25) is 0 Å². The standard InChI is InChI=1S/C13H13N3O4/c1-3-20-13(18)11-10(14-16-15-11)8-4-6-9(7-5-8)12(17)19-2/h4-7H,3H2,1-2H3,(H,14,15,16). The number of esters is 2. The van der Waals surface area contributed by atoms with E-state index in [0.717, 1.165) is 0 Å². The van der Waals surface area contributed by atoms with E-state index in [1.807, 2.05) is 0 Å². The SMILES string of the molecule is CCOC(=O)c1n[nH]nc1-c1ccc(C(=O)OC)cc1. The zero-order valence-electron chi connectivity index (χ0n) is 11.0. The first kappa shape index (κ1) is 13.7. The van der Waals surface area contributed by atoms with Crippen LogP contribution in [0.5, 0.6) is 0 Å². The van der Waals surface area contributed by atoms with Gasteiger partial charge in [-0.2, -0.15) is 10.3 Å². The first-order valence-corrected chi connectivity index (χ1v) is 5.94. The predicted molar refractivity (Wildman–Crippen MR) is 69.1 cm³/mol. The van der Waals surface area contributed by atoms with Crippen LogP contribution in [0, 0.1) is 0 Å². The van der Waals surface area contributed by atoms with Crippen LogP contribution in [0.4, 0.5) is 0 Å². The Balaban J connectivity index is 2.31. The summed E-state index contributed by atoms with van der Waals surface area (Å²) >= 11 is 0. The van der Waals surface area contributed by atoms with Crippen LogP contribution in [0.1, 0.15) is 27.8 Å². The monoisotopic (exact) mass is 275 g/mol. The van der Waals surface area contributed by atoms with E-state index in [1.54, 1.807) is 31.2 Å². The van der Waals surface area contributed by atoms with Crippen molar-refractivity contribution in [3.63, 3.8) is 0 Å². The molecule has 1 aromatic carbocycles. The fourth-order valence-corrected chi connectivity index (χ4v) is 1.66. The normalized spacial score (nSPS) is 10.1. The maximum Gasteiger partial charge on any atom is 0.361 e. The zero-order chi connectivity index (χ0) is 14.5. The third kappa shape index (κ3) is 2.66. The molecule has 0 spiro atoms. The summed E-state index contributed by atoms with van der Waals surface area (Å²) in [7, 11) is 1.31. The third-order valence-electron chi connectivity index (χ3n) is 2.60. The van der Waals surface area contributed by atoms with Gasteiger partial charge in [0, 0.05) is 5.56 Å². The van der Waals surface area contributed by atoms with Gasteiger partial charge in [0.05, 0.1) is 19.3 Å². The topological polar surface area (TPSA) is 94.2 Å². The van der Waals surface area contributed by atoms with E-state index in [9.17, 15) is 9.59 Å². The summed E-state index contributed by atoms with van der Waals surface area (Å²) < 4.78 is 9.51. The summed E-state index contributed by atoms with van der Waals surface area (Å²) in [6, 6.07) is 6.50. The highest BCUT2D eigenvalue weighted by Crippen LogP contribution is 2.21. The lowest BCUT2D eigenvalue weighted by molar-refractivity contribution is 0.0519. The molecule has 0 amide bonds. The minimum atomic E-state index is -0.548. The van der Waals surface area contributed by atoms with Gasteiger partial charge in [0.25, 0.3) is 0 Å². The summed E-state index contributed by atoms with van der Waals surface area (Å²) in [5.41, 5.74) is 1.55. The molecule has 0 radical (unpaired) electrons. The molecule has 7 heteroatoms. The average molecular weight is 275 g/mol. The van der Waals surface area contributed by atoms with Gasteiger partial charge in [-0.25, -0.2) is 9.59 Å². The van der Waals surface area contributed by atoms with Crippen molar-refractivity contribution < 1.29 is 19.1 Å². The lowest BCUT2D eigenvalue weighted by Gasteiger charge is -2.02. The summed E-state index contributed by atoms with van der Waals surface area (Å²) in [6.45, 7) is 1.97. The molecule has 7 nitrogen and oxygen atoms in total. The number of nitrogens with zero attached hydrogens (tertiary/aromatic N) is 2. The minimum absolute atomic E-state index is 0.109. The van der Waals surface area contributed by atoms with Gasteiger partial charge in [0.15, 0.2) is 5.69 Å². The number of benzene rings is 1. The van der Waals surface area contributed by atoms with Crippen LogP contribution in [0.25, 0.3) is 11.3 Å². The molecule has 0 saturated heterocycles. The maximum absolute atomic E-state index is 11.7. The Kier molecular flexibility index (Phi) is 4.09. The van der Waals surface area contributed by atoms with Crippen LogP contribution in [0.3, 0.4) is 0 Å². The summed E-state index contributed by atoms with van der Waals surface area (Å²) in [6.07, 6.45) is 0. The van der Waals surface area contributed by atoms with Gasteiger partial charge in [0.1, 0.15) is 5.69 Å². The van der Waals surface area contributed by atoms with E-state index in [4.69, 9.17) is 4.74 Å². The second-order valence-electron chi connectivity index (χ2n) is 3.81. The molecule has 0 bridgehead atoms. The number of rotatable bonds is 4. The first-order chi connectivity index (χ1) is 9.67. The van der Waals surface area contributed by atoms with Gasteiger partial charge in [-0.1, -0.05) is 12.1 Å². The molecule has 20 heavy (non-hydrogen) atoms. The predicted octanol–water partition coefficient (Wildman–Crippen LogP) is 1.44. The zero-order valence-corrected chi connectivity index (χ0v) is 11.0. The molecule has 0 aliphatic carbocycles. The molecule has 1 N–H and O–H groups in total. The van der Waals surface area contributed by atoms with Crippen molar-refractivity contribution in [1.29, 1.82) is 0 Å². The first-order valence-electron chi connectivity index (χ1n) is 5.94. The van der Waals surface area contributed by atoms with Gasteiger partial charge in [-0.05, 0) is 19.1 Å². The molecule has 0 aliphatic rings. The molecule has 2 rings (SSSR count). The summed E-state index contributed by atoms with van der Waals surface area (Å²) in [4.78, 5) is 23.0. The van der Waals surface area contributed by atoms with Crippen LogP contribution in [-0.2, 0) is 9.47 Å². The van der Waals surface area contributed by atoms with E-state index >= 15 is 0 Å². The largest absolute Gasteiger partial charge is 0.465 e. The number of carbonyl (C=O) groups is 2. The number of aromatic amines is 1. The lowest BCUT2D eigenvalue weighted by Crippen LogP contribution is -2.07. The van der Waals surface area contributed by atoms with Gasteiger partial charge >= 0.3 is 11.9 Å². The summed E-state index contributed by atoms with van der Waals surface area (Å²) in [5.74, 6) is -0.976. The molecule has 0 fully saturated rings. The molecular formula is C13H13N3O4. The molecule has 0 unspecified atom stereocenters. The number of hydrogen-bond acceptors (Lipinski definition) is 6. The van der Waals surface area contributed by atoms with Gasteiger partial charge in [-0.15, -0.1) is 5.10 Å². The molecule has 2 aromatic rings. The van der Waals surface area contributed by atoms with Crippen LogP contribution < -0.4 is 0 Å². The van der Waals surface area contributed by atoms with Crippen molar-refractivity contribution in [1.82, 2.24) is 15.4 Å². The molecule has 0 atom stereocenters. The Bertz CT molecular complexity index is 619. The van der Waals surface area contributed by atoms with Crippen molar-refractivity contribution >= 4 is 11.9 Å². The fourth-order valence-electron chi connectivity index (χ4n) is 1.66. The number of methoxy groups -OCH3 is 1. The molecule has 0 aliphatic heterocycles.